The second kappa shape index (κ2) is 2.83. The van der Waals surface area contributed by atoms with Crippen molar-refractivity contribution in [2.24, 2.45) is 7.05 Å². The molecule has 4 heteroatoms. The fourth-order valence-electron chi connectivity index (χ4n) is 1.98. The van der Waals surface area contributed by atoms with Gasteiger partial charge in [0.25, 0.3) is 0 Å². The van der Waals surface area contributed by atoms with Crippen molar-refractivity contribution in [2.45, 2.75) is 6.92 Å². The molecule has 1 aliphatic heterocycles. The van der Waals surface area contributed by atoms with Crippen LogP contribution >= 0.6 is 11.6 Å². The zero-order valence-corrected chi connectivity index (χ0v) is 9.26. The van der Waals surface area contributed by atoms with E-state index in [4.69, 9.17) is 21.1 Å². The second-order valence-corrected chi connectivity index (χ2v) is 4.11. The van der Waals surface area contributed by atoms with Gasteiger partial charge < -0.3 is 14.0 Å². The molecule has 15 heavy (non-hydrogen) atoms. The highest BCUT2D eigenvalue weighted by atomic mass is 35.5. The molecule has 1 aliphatic rings. The zero-order valence-electron chi connectivity index (χ0n) is 8.50. The highest BCUT2D eigenvalue weighted by molar-refractivity contribution is 6.35. The average molecular weight is 224 g/mol. The van der Waals surface area contributed by atoms with Crippen molar-refractivity contribution in [3.05, 3.63) is 22.8 Å². The number of aromatic nitrogens is 1. The summed E-state index contributed by atoms with van der Waals surface area (Å²) in [5, 5.41) is 1.72. The van der Waals surface area contributed by atoms with Crippen LogP contribution in [-0.2, 0) is 7.05 Å². The first-order valence-corrected chi connectivity index (χ1v) is 5.10. The lowest BCUT2D eigenvalue weighted by molar-refractivity contribution is 0.175. The van der Waals surface area contributed by atoms with E-state index in [1.165, 1.54) is 0 Å². The quantitative estimate of drug-likeness (QED) is 0.686. The van der Waals surface area contributed by atoms with Crippen molar-refractivity contribution in [3.63, 3.8) is 0 Å². The lowest BCUT2D eigenvalue weighted by Gasteiger charge is -2.03. The van der Waals surface area contributed by atoms with E-state index in [1.54, 1.807) is 0 Å². The Balaban J connectivity index is 2.49. The van der Waals surface area contributed by atoms with Gasteiger partial charge in [0.1, 0.15) is 0 Å². The van der Waals surface area contributed by atoms with Gasteiger partial charge in [-0.05, 0) is 13.0 Å². The molecular weight excluding hydrogens is 214 g/mol. The Morgan fingerprint density at radius 2 is 2.13 bits per heavy atom. The maximum absolute atomic E-state index is 6.20. The minimum atomic E-state index is 0.277. The Labute approximate surface area is 92.2 Å². The summed E-state index contributed by atoms with van der Waals surface area (Å²) in [5.74, 6) is 1.54. The van der Waals surface area contributed by atoms with Gasteiger partial charge in [-0.1, -0.05) is 11.6 Å². The molecule has 0 radical (unpaired) electrons. The molecule has 0 saturated carbocycles. The van der Waals surface area contributed by atoms with E-state index >= 15 is 0 Å². The van der Waals surface area contributed by atoms with Gasteiger partial charge in [0, 0.05) is 24.2 Å². The van der Waals surface area contributed by atoms with Crippen LogP contribution in [0.3, 0.4) is 0 Å². The third-order valence-electron chi connectivity index (χ3n) is 2.84. The van der Waals surface area contributed by atoms with Crippen molar-refractivity contribution in [2.75, 3.05) is 6.79 Å². The SMILES string of the molecule is Cc1cc2c3c(cc(Cl)c2n1C)OCO3. The molecule has 0 aliphatic carbocycles. The molecule has 0 N–H and O–H groups in total. The average Bonchev–Trinajstić information content (AvgIpc) is 2.73. The van der Waals surface area contributed by atoms with Gasteiger partial charge >= 0.3 is 0 Å². The van der Waals surface area contributed by atoms with Gasteiger partial charge in [0.2, 0.25) is 6.79 Å². The normalized spacial score (nSPS) is 13.8. The minimum Gasteiger partial charge on any atom is -0.454 e. The summed E-state index contributed by atoms with van der Waals surface area (Å²) >= 11 is 6.20. The van der Waals surface area contributed by atoms with Gasteiger partial charge in [0.15, 0.2) is 11.5 Å². The molecule has 0 unspecified atom stereocenters. The molecule has 0 fully saturated rings. The molecule has 0 atom stereocenters. The summed E-state index contributed by atoms with van der Waals surface area (Å²) in [6, 6.07) is 3.88. The van der Waals surface area contributed by atoms with E-state index in [-0.39, 0.29) is 6.79 Å². The van der Waals surface area contributed by atoms with Crippen LogP contribution in [0, 0.1) is 6.92 Å². The number of rotatable bonds is 0. The van der Waals surface area contributed by atoms with Crippen LogP contribution in [0.2, 0.25) is 5.02 Å². The van der Waals surface area contributed by atoms with E-state index in [0.29, 0.717) is 5.02 Å². The molecule has 3 nitrogen and oxygen atoms in total. The smallest absolute Gasteiger partial charge is 0.231 e. The lowest BCUT2D eigenvalue weighted by atomic mass is 10.2. The predicted octanol–water partition coefficient (Wildman–Crippen LogP) is 2.87. The summed E-state index contributed by atoms with van der Waals surface area (Å²) < 4.78 is 12.8. The predicted molar refractivity (Wildman–Crippen MR) is 58.8 cm³/mol. The maximum Gasteiger partial charge on any atom is 0.231 e. The molecule has 0 spiro atoms. The molecule has 2 heterocycles. The Morgan fingerprint density at radius 3 is 2.93 bits per heavy atom. The number of hydrogen-bond acceptors (Lipinski definition) is 2. The Hall–Kier alpha value is -1.35. The van der Waals surface area contributed by atoms with Crippen LogP contribution in [0.5, 0.6) is 11.5 Å². The van der Waals surface area contributed by atoms with Gasteiger partial charge in [-0.15, -0.1) is 0 Å². The number of aryl methyl sites for hydroxylation is 2. The van der Waals surface area contributed by atoms with Gasteiger partial charge in [-0.2, -0.15) is 0 Å². The van der Waals surface area contributed by atoms with Crippen LogP contribution in [0.15, 0.2) is 12.1 Å². The van der Waals surface area contributed by atoms with Gasteiger partial charge in [-0.3, -0.25) is 0 Å². The number of halogens is 1. The third kappa shape index (κ3) is 1.07. The van der Waals surface area contributed by atoms with Crippen LogP contribution in [0.4, 0.5) is 0 Å². The maximum atomic E-state index is 6.20. The molecule has 78 valence electrons. The number of hydrogen-bond donors (Lipinski definition) is 0. The molecule has 2 aromatic rings. The minimum absolute atomic E-state index is 0.277. The van der Waals surface area contributed by atoms with Crippen molar-refractivity contribution in [1.82, 2.24) is 4.57 Å². The van der Waals surface area contributed by atoms with Crippen molar-refractivity contribution >= 4 is 22.5 Å². The monoisotopic (exact) mass is 223 g/mol. The Morgan fingerprint density at radius 1 is 1.33 bits per heavy atom. The van der Waals surface area contributed by atoms with Crippen LogP contribution < -0.4 is 9.47 Å². The molecule has 0 amide bonds. The topological polar surface area (TPSA) is 23.4 Å². The van der Waals surface area contributed by atoms with Crippen molar-refractivity contribution in [3.8, 4) is 11.5 Å². The summed E-state index contributed by atoms with van der Waals surface area (Å²) in [7, 11) is 1.99. The fourth-order valence-corrected chi connectivity index (χ4v) is 2.31. The standard InChI is InChI=1S/C11H10ClNO2/c1-6-3-7-10(13(6)2)8(12)4-9-11(7)15-5-14-9/h3-4H,5H2,1-2H3. The van der Waals surface area contributed by atoms with E-state index in [2.05, 4.69) is 10.6 Å². The molecule has 0 saturated heterocycles. The number of benzene rings is 1. The van der Waals surface area contributed by atoms with Crippen LogP contribution in [0.1, 0.15) is 5.69 Å². The van der Waals surface area contributed by atoms with E-state index in [1.807, 2.05) is 20.0 Å². The largest absolute Gasteiger partial charge is 0.454 e. The fraction of sp³-hybridized carbons (Fsp3) is 0.273. The second-order valence-electron chi connectivity index (χ2n) is 3.70. The summed E-state index contributed by atoms with van der Waals surface area (Å²) in [6.45, 7) is 2.32. The first kappa shape index (κ1) is 8.92. The third-order valence-corrected chi connectivity index (χ3v) is 3.13. The van der Waals surface area contributed by atoms with E-state index < -0.39 is 0 Å². The molecule has 3 rings (SSSR count). The lowest BCUT2D eigenvalue weighted by Crippen LogP contribution is -1.93. The number of ether oxygens (including phenoxy) is 2. The number of fused-ring (bicyclic) bond motifs is 3. The van der Waals surface area contributed by atoms with Crippen LogP contribution in [0.25, 0.3) is 10.9 Å². The molecular formula is C11H10ClNO2. The van der Waals surface area contributed by atoms with E-state index in [9.17, 15) is 0 Å². The summed E-state index contributed by atoms with van der Waals surface area (Å²) in [4.78, 5) is 0. The Kier molecular flexibility index (Phi) is 1.68. The van der Waals surface area contributed by atoms with Crippen LogP contribution in [-0.4, -0.2) is 11.4 Å². The first-order chi connectivity index (χ1) is 7.18. The molecule has 1 aromatic carbocycles. The zero-order chi connectivity index (χ0) is 10.6. The van der Waals surface area contributed by atoms with Gasteiger partial charge in [0.05, 0.1) is 10.5 Å². The molecule has 0 bridgehead atoms. The van der Waals surface area contributed by atoms with Gasteiger partial charge in [-0.25, -0.2) is 0 Å². The molecule has 1 aromatic heterocycles. The Bertz CT molecular complexity index is 559. The highest BCUT2D eigenvalue weighted by Crippen LogP contribution is 2.43. The summed E-state index contributed by atoms with van der Waals surface area (Å²) in [5.41, 5.74) is 2.15. The van der Waals surface area contributed by atoms with Crippen molar-refractivity contribution < 1.29 is 9.47 Å². The van der Waals surface area contributed by atoms with E-state index in [0.717, 1.165) is 28.1 Å². The number of nitrogens with zero attached hydrogens (tertiary/aromatic N) is 1. The summed E-state index contributed by atoms with van der Waals surface area (Å²) in [6.07, 6.45) is 0. The first-order valence-electron chi connectivity index (χ1n) is 4.72. The van der Waals surface area contributed by atoms with Crippen molar-refractivity contribution in [1.29, 1.82) is 0 Å². The highest BCUT2D eigenvalue weighted by Gasteiger charge is 2.21.